The van der Waals surface area contributed by atoms with Gasteiger partial charge < -0.3 is 5.32 Å². The molecule has 2 aromatic carbocycles. The highest BCUT2D eigenvalue weighted by Gasteiger charge is 2.09. The van der Waals surface area contributed by atoms with Gasteiger partial charge in [0.05, 0.1) is 5.69 Å². The number of hydrogen-bond acceptors (Lipinski definition) is 1. The van der Waals surface area contributed by atoms with Crippen LogP contribution >= 0.6 is 31.9 Å². The average molecular weight is 373 g/mol. The lowest BCUT2D eigenvalue weighted by atomic mass is 10.1. The van der Waals surface area contributed by atoms with Crippen molar-refractivity contribution in [2.75, 3.05) is 5.32 Å². The molecule has 0 saturated carbocycles. The second-order valence-electron chi connectivity index (χ2n) is 4.05. The second kappa shape index (κ2) is 5.85. The Morgan fingerprint density at radius 3 is 2.44 bits per heavy atom. The van der Waals surface area contributed by atoms with Crippen LogP contribution in [0.5, 0.6) is 0 Å². The molecule has 2 aromatic rings. The van der Waals surface area contributed by atoms with Crippen molar-refractivity contribution in [3.8, 4) is 0 Å². The van der Waals surface area contributed by atoms with Gasteiger partial charge in [0.15, 0.2) is 0 Å². The molecule has 0 aliphatic carbocycles. The summed E-state index contributed by atoms with van der Waals surface area (Å²) < 4.78 is 15.5. The minimum Gasteiger partial charge on any atom is -0.376 e. The van der Waals surface area contributed by atoms with Crippen LogP contribution in [0.2, 0.25) is 0 Å². The molecule has 0 saturated heterocycles. The van der Waals surface area contributed by atoms with Crippen molar-refractivity contribution in [1.29, 1.82) is 0 Å². The molecule has 1 unspecified atom stereocenters. The zero-order chi connectivity index (χ0) is 13.1. The highest BCUT2D eigenvalue weighted by Crippen LogP contribution is 2.25. The summed E-state index contributed by atoms with van der Waals surface area (Å²) in [6.07, 6.45) is 0. The fraction of sp³-hybridized carbons (Fsp3) is 0.143. The molecule has 18 heavy (non-hydrogen) atoms. The first-order valence-electron chi connectivity index (χ1n) is 5.53. The van der Waals surface area contributed by atoms with E-state index in [9.17, 15) is 4.39 Å². The van der Waals surface area contributed by atoms with Crippen LogP contribution in [0.4, 0.5) is 10.1 Å². The maximum Gasteiger partial charge on any atom is 0.147 e. The molecule has 1 nitrogen and oxygen atoms in total. The van der Waals surface area contributed by atoms with Gasteiger partial charge >= 0.3 is 0 Å². The maximum atomic E-state index is 13.7. The van der Waals surface area contributed by atoms with Gasteiger partial charge in [-0.1, -0.05) is 44.0 Å². The molecular weight excluding hydrogens is 361 g/mol. The van der Waals surface area contributed by atoms with Crippen LogP contribution in [0.25, 0.3) is 0 Å². The molecule has 0 spiro atoms. The largest absolute Gasteiger partial charge is 0.376 e. The summed E-state index contributed by atoms with van der Waals surface area (Å²) in [4.78, 5) is 0. The Morgan fingerprint density at radius 2 is 1.78 bits per heavy atom. The number of rotatable bonds is 3. The van der Waals surface area contributed by atoms with E-state index < -0.39 is 0 Å². The van der Waals surface area contributed by atoms with Gasteiger partial charge in [-0.25, -0.2) is 4.39 Å². The summed E-state index contributed by atoms with van der Waals surface area (Å²) in [6, 6.07) is 13.0. The summed E-state index contributed by atoms with van der Waals surface area (Å²) in [5, 5.41) is 3.16. The van der Waals surface area contributed by atoms with E-state index in [4.69, 9.17) is 0 Å². The highest BCUT2D eigenvalue weighted by molar-refractivity contribution is 9.10. The minimum atomic E-state index is -0.258. The van der Waals surface area contributed by atoms with Crippen LogP contribution < -0.4 is 5.32 Å². The van der Waals surface area contributed by atoms with E-state index in [1.54, 1.807) is 6.07 Å². The van der Waals surface area contributed by atoms with Crippen molar-refractivity contribution in [2.45, 2.75) is 13.0 Å². The van der Waals surface area contributed by atoms with Gasteiger partial charge in [-0.15, -0.1) is 0 Å². The molecular formula is C14H12Br2FN. The average Bonchev–Trinajstić information content (AvgIpc) is 2.32. The van der Waals surface area contributed by atoms with Gasteiger partial charge in [0.2, 0.25) is 0 Å². The molecule has 2 rings (SSSR count). The van der Waals surface area contributed by atoms with Crippen molar-refractivity contribution < 1.29 is 4.39 Å². The lowest BCUT2D eigenvalue weighted by molar-refractivity contribution is 0.626. The fourth-order valence-electron chi connectivity index (χ4n) is 1.70. The van der Waals surface area contributed by atoms with Crippen molar-refractivity contribution >= 4 is 37.5 Å². The van der Waals surface area contributed by atoms with Gasteiger partial charge in [0.1, 0.15) is 5.82 Å². The Kier molecular flexibility index (Phi) is 4.40. The summed E-state index contributed by atoms with van der Waals surface area (Å²) in [6.45, 7) is 2.00. The van der Waals surface area contributed by atoms with E-state index in [0.29, 0.717) is 5.69 Å². The zero-order valence-corrected chi connectivity index (χ0v) is 12.9. The Labute approximate surface area is 123 Å². The maximum absolute atomic E-state index is 13.7. The van der Waals surface area contributed by atoms with Gasteiger partial charge in [-0.05, 0) is 42.8 Å². The van der Waals surface area contributed by atoms with Crippen LogP contribution in [0, 0.1) is 5.82 Å². The Balaban J connectivity index is 2.18. The molecule has 1 N–H and O–H groups in total. The molecule has 0 heterocycles. The molecule has 0 aromatic heterocycles. The summed E-state index contributed by atoms with van der Waals surface area (Å²) in [7, 11) is 0. The van der Waals surface area contributed by atoms with Gasteiger partial charge in [-0.3, -0.25) is 0 Å². The van der Waals surface area contributed by atoms with Crippen LogP contribution in [-0.2, 0) is 0 Å². The predicted octanol–water partition coefficient (Wildman–Crippen LogP) is 5.52. The quantitative estimate of drug-likeness (QED) is 0.747. The Morgan fingerprint density at radius 1 is 1.06 bits per heavy atom. The van der Waals surface area contributed by atoms with Gasteiger partial charge in [0.25, 0.3) is 0 Å². The first kappa shape index (κ1) is 13.6. The summed E-state index contributed by atoms with van der Waals surface area (Å²) in [5.41, 5.74) is 1.61. The number of anilines is 1. The number of nitrogens with one attached hydrogen (secondary N) is 1. The first-order chi connectivity index (χ1) is 8.56. The third-order valence-corrected chi connectivity index (χ3v) is 3.64. The van der Waals surface area contributed by atoms with Crippen molar-refractivity contribution in [2.24, 2.45) is 0 Å². The number of benzene rings is 2. The van der Waals surface area contributed by atoms with Crippen LogP contribution in [-0.4, -0.2) is 0 Å². The standard InChI is InChI=1S/C14H12Br2FN/c1-9(10-3-2-4-11(15)7-10)18-14-6-5-12(16)8-13(14)17/h2-9,18H,1H3. The molecule has 0 aliphatic rings. The molecule has 0 aliphatic heterocycles. The van der Waals surface area contributed by atoms with E-state index in [2.05, 4.69) is 37.2 Å². The monoisotopic (exact) mass is 371 g/mol. The number of hydrogen-bond donors (Lipinski definition) is 1. The normalized spacial score (nSPS) is 12.2. The fourth-order valence-corrected chi connectivity index (χ4v) is 2.45. The SMILES string of the molecule is CC(Nc1ccc(Br)cc1F)c1cccc(Br)c1. The lowest BCUT2D eigenvalue weighted by Gasteiger charge is -2.16. The van der Waals surface area contributed by atoms with E-state index in [0.717, 1.165) is 14.5 Å². The van der Waals surface area contributed by atoms with E-state index >= 15 is 0 Å². The van der Waals surface area contributed by atoms with E-state index in [1.165, 1.54) is 6.07 Å². The first-order valence-corrected chi connectivity index (χ1v) is 7.12. The van der Waals surface area contributed by atoms with Crippen LogP contribution in [0.1, 0.15) is 18.5 Å². The van der Waals surface area contributed by atoms with Gasteiger partial charge in [-0.2, -0.15) is 0 Å². The zero-order valence-electron chi connectivity index (χ0n) is 9.75. The molecule has 4 heteroatoms. The van der Waals surface area contributed by atoms with Crippen LogP contribution in [0.3, 0.4) is 0 Å². The topological polar surface area (TPSA) is 12.0 Å². The second-order valence-corrected chi connectivity index (χ2v) is 5.88. The molecule has 0 fully saturated rings. The van der Waals surface area contributed by atoms with E-state index in [-0.39, 0.29) is 11.9 Å². The molecule has 1 atom stereocenters. The molecule has 94 valence electrons. The van der Waals surface area contributed by atoms with Gasteiger partial charge in [0, 0.05) is 15.0 Å². The highest BCUT2D eigenvalue weighted by atomic mass is 79.9. The van der Waals surface area contributed by atoms with Crippen molar-refractivity contribution in [3.05, 3.63) is 62.8 Å². The number of halogens is 3. The minimum absolute atomic E-state index is 0.0400. The smallest absolute Gasteiger partial charge is 0.147 e. The predicted molar refractivity (Wildman–Crippen MR) is 80.3 cm³/mol. The lowest BCUT2D eigenvalue weighted by Crippen LogP contribution is -2.07. The van der Waals surface area contributed by atoms with Crippen molar-refractivity contribution in [1.82, 2.24) is 0 Å². The Hall–Kier alpha value is -0.870. The van der Waals surface area contributed by atoms with E-state index in [1.807, 2.05) is 37.3 Å². The van der Waals surface area contributed by atoms with Crippen molar-refractivity contribution in [3.63, 3.8) is 0 Å². The molecule has 0 radical (unpaired) electrons. The van der Waals surface area contributed by atoms with Crippen LogP contribution in [0.15, 0.2) is 51.4 Å². The third-order valence-electron chi connectivity index (χ3n) is 2.65. The summed E-state index contributed by atoms with van der Waals surface area (Å²) >= 11 is 6.67. The molecule has 0 bridgehead atoms. The Bertz CT molecular complexity index is 557. The molecule has 0 amide bonds. The summed E-state index contributed by atoms with van der Waals surface area (Å²) in [5.74, 6) is -0.258. The third kappa shape index (κ3) is 3.33.